The maximum absolute atomic E-state index is 3.72. The van der Waals surface area contributed by atoms with Crippen LogP contribution in [0.3, 0.4) is 0 Å². The Bertz CT molecular complexity index is 235. The van der Waals surface area contributed by atoms with E-state index < -0.39 is 0 Å². The topological polar surface area (TPSA) is 15.3 Å². The Labute approximate surface area is 101 Å². The SMILES string of the molecule is CCC1(C)CN(CC2(C)CCC2)CCCN1. The Morgan fingerprint density at radius 1 is 1.19 bits per heavy atom. The number of hydrogen-bond donors (Lipinski definition) is 1. The zero-order valence-electron chi connectivity index (χ0n) is 11.3. The summed E-state index contributed by atoms with van der Waals surface area (Å²) in [6.07, 6.45) is 6.89. The van der Waals surface area contributed by atoms with E-state index in [0.29, 0.717) is 11.0 Å². The summed E-state index contributed by atoms with van der Waals surface area (Å²) in [6.45, 7) is 12.2. The van der Waals surface area contributed by atoms with Gasteiger partial charge in [-0.1, -0.05) is 20.3 Å². The third-order valence-corrected chi connectivity index (χ3v) is 4.72. The normalized spacial score (nSPS) is 35.4. The molecule has 1 aliphatic heterocycles. The number of rotatable bonds is 3. The standard InChI is InChI=1S/C14H28N2/c1-4-14(3)12-16(10-6-9-15-14)11-13(2)7-5-8-13/h15H,4-12H2,1-3H3. The molecule has 0 aromatic heterocycles. The Kier molecular flexibility index (Phi) is 3.60. The van der Waals surface area contributed by atoms with Gasteiger partial charge < -0.3 is 10.2 Å². The maximum atomic E-state index is 3.72. The largest absolute Gasteiger partial charge is 0.310 e. The van der Waals surface area contributed by atoms with Crippen LogP contribution in [0.2, 0.25) is 0 Å². The minimum atomic E-state index is 0.344. The Balaban J connectivity index is 1.92. The molecular formula is C14H28N2. The lowest BCUT2D eigenvalue weighted by Crippen LogP contribution is -2.51. The molecule has 0 bridgehead atoms. The van der Waals surface area contributed by atoms with Crippen LogP contribution in [-0.4, -0.2) is 36.6 Å². The van der Waals surface area contributed by atoms with E-state index in [-0.39, 0.29) is 0 Å². The highest BCUT2D eigenvalue weighted by molar-refractivity contribution is 4.92. The molecule has 0 radical (unpaired) electrons. The van der Waals surface area contributed by atoms with Crippen LogP contribution in [0, 0.1) is 5.41 Å². The second-order valence-electron chi connectivity index (χ2n) is 6.57. The maximum Gasteiger partial charge on any atom is 0.0277 e. The molecule has 0 amide bonds. The lowest BCUT2D eigenvalue weighted by molar-refractivity contribution is 0.0751. The molecule has 16 heavy (non-hydrogen) atoms. The van der Waals surface area contributed by atoms with Gasteiger partial charge in [-0.25, -0.2) is 0 Å². The Morgan fingerprint density at radius 3 is 2.50 bits per heavy atom. The molecule has 1 aliphatic carbocycles. The van der Waals surface area contributed by atoms with Crippen molar-refractivity contribution in [1.82, 2.24) is 10.2 Å². The van der Waals surface area contributed by atoms with Crippen LogP contribution in [0.15, 0.2) is 0 Å². The smallest absolute Gasteiger partial charge is 0.0277 e. The van der Waals surface area contributed by atoms with Gasteiger partial charge in [0.05, 0.1) is 0 Å². The van der Waals surface area contributed by atoms with E-state index in [4.69, 9.17) is 0 Å². The molecular weight excluding hydrogens is 196 g/mol. The van der Waals surface area contributed by atoms with E-state index in [1.54, 1.807) is 0 Å². The molecule has 1 saturated carbocycles. The summed E-state index contributed by atoms with van der Waals surface area (Å²) in [5.74, 6) is 0. The van der Waals surface area contributed by atoms with Gasteiger partial charge in [0.25, 0.3) is 0 Å². The van der Waals surface area contributed by atoms with Crippen molar-refractivity contribution in [2.24, 2.45) is 5.41 Å². The molecule has 2 heteroatoms. The molecule has 2 fully saturated rings. The highest BCUT2D eigenvalue weighted by Crippen LogP contribution is 2.41. The average Bonchev–Trinajstić information content (AvgIpc) is 2.39. The molecule has 0 aromatic carbocycles. The number of nitrogens with one attached hydrogen (secondary N) is 1. The first-order chi connectivity index (χ1) is 7.55. The van der Waals surface area contributed by atoms with Crippen LogP contribution in [-0.2, 0) is 0 Å². The molecule has 2 aliphatic rings. The Hall–Kier alpha value is -0.0800. The molecule has 1 heterocycles. The lowest BCUT2D eigenvalue weighted by Gasteiger charge is -2.43. The molecule has 94 valence electrons. The quantitative estimate of drug-likeness (QED) is 0.793. The summed E-state index contributed by atoms with van der Waals surface area (Å²) >= 11 is 0. The van der Waals surface area contributed by atoms with Crippen LogP contribution in [0.1, 0.15) is 52.9 Å². The van der Waals surface area contributed by atoms with Crippen molar-refractivity contribution >= 4 is 0 Å². The van der Waals surface area contributed by atoms with Crippen LogP contribution < -0.4 is 5.32 Å². The third-order valence-electron chi connectivity index (χ3n) is 4.72. The van der Waals surface area contributed by atoms with Gasteiger partial charge in [0.2, 0.25) is 0 Å². The first-order valence-electron chi connectivity index (χ1n) is 7.03. The number of nitrogens with zero attached hydrogens (tertiary/aromatic N) is 1. The summed E-state index contributed by atoms with van der Waals surface area (Å²) in [7, 11) is 0. The summed E-state index contributed by atoms with van der Waals surface area (Å²) in [4.78, 5) is 2.71. The van der Waals surface area contributed by atoms with Crippen LogP contribution in [0.25, 0.3) is 0 Å². The van der Waals surface area contributed by atoms with Crippen LogP contribution >= 0.6 is 0 Å². The van der Waals surface area contributed by atoms with Crippen molar-refractivity contribution in [3.63, 3.8) is 0 Å². The fourth-order valence-electron chi connectivity index (χ4n) is 3.17. The van der Waals surface area contributed by atoms with Crippen LogP contribution in [0.5, 0.6) is 0 Å². The van der Waals surface area contributed by atoms with Crippen molar-refractivity contribution in [2.45, 2.75) is 58.4 Å². The van der Waals surface area contributed by atoms with Gasteiger partial charge in [-0.3, -0.25) is 0 Å². The van der Waals surface area contributed by atoms with Gasteiger partial charge in [0, 0.05) is 18.6 Å². The molecule has 1 N–H and O–H groups in total. The fourth-order valence-corrected chi connectivity index (χ4v) is 3.17. The molecule has 1 saturated heterocycles. The van der Waals surface area contributed by atoms with E-state index in [1.807, 2.05) is 0 Å². The van der Waals surface area contributed by atoms with E-state index in [9.17, 15) is 0 Å². The predicted octanol–water partition coefficient (Wildman–Crippen LogP) is 2.64. The fraction of sp³-hybridized carbons (Fsp3) is 1.00. The molecule has 0 aromatic rings. The number of hydrogen-bond acceptors (Lipinski definition) is 2. The zero-order valence-corrected chi connectivity index (χ0v) is 11.3. The molecule has 0 spiro atoms. The molecule has 1 unspecified atom stereocenters. The first kappa shape index (κ1) is 12.4. The van der Waals surface area contributed by atoms with E-state index >= 15 is 0 Å². The third kappa shape index (κ3) is 2.78. The van der Waals surface area contributed by atoms with Crippen molar-refractivity contribution < 1.29 is 0 Å². The second kappa shape index (κ2) is 4.66. The predicted molar refractivity (Wildman–Crippen MR) is 69.7 cm³/mol. The highest BCUT2D eigenvalue weighted by Gasteiger charge is 2.36. The van der Waals surface area contributed by atoms with Gasteiger partial charge in [0.15, 0.2) is 0 Å². The zero-order chi connectivity index (χ0) is 11.6. The molecule has 2 nitrogen and oxygen atoms in total. The van der Waals surface area contributed by atoms with Crippen molar-refractivity contribution in [1.29, 1.82) is 0 Å². The Morgan fingerprint density at radius 2 is 1.94 bits per heavy atom. The van der Waals surface area contributed by atoms with Crippen molar-refractivity contribution in [3.8, 4) is 0 Å². The molecule has 1 atom stereocenters. The van der Waals surface area contributed by atoms with Gasteiger partial charge in [0.1, 0.15) is 0 Å². The van der Waals surface area contributed by atoms with Crippen molar-refractivity contribution in [2.75, 3.05) is 26.2 Å². The second-order valence-corrected chi connectivity index (χ2v) is 6.57. The average molecular weight is 224 g/mol. The lowest BCUT2D eigenvalue weighted by atomic mass is 9.70. The summed E-state index contributed by atoms with van der Waals surface area (Å²) in [5, 5.41) is 3.72. The summed E-state index contributed by atoms with van der Waals surface area (Å²) in [6, 6.07) is 0. The van der Waals surface area contributed by atoms with E-state index in [0.717, 1.165) is 0 Å². The summed E-state index contributed by atoms with van der Waals surface area (Å²) in [5.41, 5.74) is 0.982. The monoisotopic (exact) mass is 224 g/mol. The minimum absolute atomic E-state index is 0.344. The summed E-state index contributed by atoms with van der Waals surface area (Å²) < 4.78 is 0. The van der Waals surface area contributed by atoms with Crippen LogP contribution in [0.4, 0.5) is 0 Å². The van der Waals surface area contributed by atoms with Gasteiger partial charge in [-0.15, -0.1) is 0 Å². The minimum Gasteiger partial charge on any atom is -0.310 e. The van der Waals surface area contributed by atoms with E-state index in [1.165, 1.54) is 58.3 Å². The van der Waals surface area contributed by atoms with Gasteiger partial charge in [-0.05, 0) is 51.1 Å². The molecule has 2 rings (SSSR count). The van der Waals surface area contributed by atoms with Gasteiger partial charge in [-0.2, -0.15) is 0 Å². The van der Waals surface area contributed by atoms with E-state index in [2.05, 4.69) is 31.0 Å². The highest BCUT2D eigenvalue weighted by atomic mass is 15.2. The van der Waals surface area contributed by atoms with Crippen molar-refractivity contribution in [3.05, 3.63) is 0 Å². The first-order valence-corrected chi connectivity index (χ1v) is 7.03. The van der Waals surface area contributed by atoms with Gasteiger partial charge >= 0.3 is 0 Å².